The molecule has 0 amide bonds. The van der Waals surface area contributed by atoms with Crippen molar-refractivity contribution in [3.05, 3.63) is 37.0 Å². The van der Waals surface area contributed by atoms with Gasteiger partial charge in [-0.2, -0.15) is 8.42 Å². The Kier molecular flexibility index (Phi) is 21.1. The van der Waals surface area contributed by atoms with Crippen LogP contribution in [0.1, 0.15) is 244 Å². The molecule has 0 radical (unpaired) electrons. The van der Waals surface area contributed by atoms with Gasteiger partial charge in [-0.3, -0.25) is 28.2 Å². The molecule has 0 aromatic heterocycles. The third-order valence-electron chi connectivity index (χ3n) is 30.0. The van der Waals surface area contributed by atoms with E-state index in [4.69, 9.17) is 46.8 Å². The number of ether oxygens (including phenoxy) is 9. The largest absolute Gasteiger partial charge is 0.460 e. The van der Waals surface area contributed by atoms with Gasteiger partial charge in [-0.1, -0.05) is 61.3 Å². The average molecular weight is 1520 g/mol. The normalized spacial score (nSPS) is 44.5. The van der Waals surface area contributed by atoms with Gasteiger partial charge in [0.25, 0.3) is 10.1 Å². The quantitative estimate of drug-likeness (QED) is 0.0591. The summed E-state index contributed by atoms with van der Waals surface area (Å²) in [6, 6.07) is 0. The van der Waals surface area contributed by atoms with Crippen LogP contribution in [0.3, 0.4) is 0 Å². The predicted molar refractivity (Wildman–Crippen MR) is 385 cm³/mol. The smallest absolute Gasteiger partial charge is 0.339 e. The van der Waals surface area contributed by atoms with Gasteiger partial charge in [-0.25, -0.2) is 19.2 Å². The van der Waals surface area contributed by atoms with Crippen LogP contribution in [0.15, 0.2) is 37.0 Å². The molecule has 0 aromatic rings. The summed E-state index contributed by atoms with van der Waals surface area (Å²) < 4.78 is 78.7. The number of carbonyl (C=O) groups is 9. The Morgan fingerprint density at radius 3 is 1.69 bits per heavy atom. The zero-order chi connectivity index (χ0) is 77.6. The zero-order valence-corrected chi connectivity index (χ0v) is 65.8. The van der Waals surface area contributed by atoms with E-state index < -0.39 is 56.0 Å². The molecule has 107 heavy (non-hydrogen) atoms. The number of hydrogen-bond acceptors (Lipinski definition) is 23. The monoisotopic (exact) mass is 1510 g/mol. The van der Waals surface area contributed by atoms with E-state index in [0.717, 1.165) is 95.0 Å². The van der Waals surface area contributed by atoms with Gasteiger partial charge in [0.05, 0.1) is 39.4 Å². The van der Waals surface area contributed by atoms with E-state index in [9.17, 15) is 61.8 Å². The van der Waals surface area contributed by atoms with E-state index in [2.05, 4.69) is 33.6 Å². The lowest BCUT2D eigenvalue weighted by Gasteiger charge is -2.60. The molecule has 16 saturated carbocycles. The van der Waals surface area contributed by atoms with Crippen molar-refractivity contribution in [2.75, 3.05) is 0 Å². The van der Waals surface area contributed by atoms with Crippen molar-refractivity contribution in [2.45, 2.75) is 319 Å². The van der Waals surface area contributed by atoms with Crippen LogP contribution in [0.4, 0.5) is 0 Å². The fourth-order valence-corrected chi connectivity index (χ4v) is 26.0. The van der Waals surface area contributed by atoms with Crippen molar-refractivity contribution in [1.29, 1.82) is 0 Å². The highest BCUT2D eigenvalue weighted by molar-refractivity contribution is 7.87. The van der Waals surface area contributed by atoms with Crippen molar-refractivity contribution in [3.63, 3.8) is 0 Å². The summed E-state index contributed by atoms with van der Waals surface area (Å²) in [5.74, 6) is 3.07. The number of esters is 9. The first-order valence-electron chi connectivity index (χ1n) is 40.4. The molecule has 24 heteroatoms. The average Bonchev–Trinajstić information content (AvgIpc) is 1.56. The molecule has 4 saturated heterocycles. The first-order chi connectivity index (χ1) is 50.2. The molecule has 20 fully saturated rings. The van der Waals surface area contributed by atoms with Gasteiger partial charge in [0, 0.05) is 77.9 Å². The molecule has 4 heterocycles. The number of rotatable bonds is 17. The van der Waals surface area contributed by atoms with Crippen LogP contribution in [0.25, 0.3) is 0 Å². The first kappa shape index (κ1) is 79.4. The van der Waals surface area contributed by atoms with Gasteiger partial charge in [-0.05, 0) is 218 Å². The van der Waals surface area contributed by atoms with E-state index in [1.807, 2.05) is 55.4 Å². The summed E-state index contributed by atoms with van der Waals surface area (Å²) in [7, 11) is -3.43. The summed E-state index contributed by atoms with van der Waals surface area (Å²) in [5, 5.41) is 20.4. The predicted octanol–water partition coefficient (Wildman–Crippen LogP) is 11.5. The second-order valence-electron chi connectivity index (χ2n) is 37.6. The van der Waals surface area contributed by atoms with Crippen LogP contribution in [-0.4, -0.2) is 148 Å². The van der Waals surface area contributed by atoms with Crippen LogP contribution in [0, 0.1) is 106 Å². The van der Waals surface area contributed by atoms with E-state index in [-0.39, 0.29) is 154 Å². The fourth-order valence-electron chi connectivity index (χ4n) is 24.1. The molecule has 0 spiro atoms. The minimum absolute atomic E-state index is 0.0207. The molecule has 2 N–H and O–H groups in total. The molecule has 16 bridgehead atoms. The molecular weight excluding hydrogens is 1400 g/mol. The number of aliphatic hydroxyl groups is 2. The number of carbonyl (C=O) groups excluding carboxylic acids is 9. The maximum Gasteiger partial charge on any atom is 0.339 e. The van der Waals surface area contributed by atoms with Gasteiger partial charge < -0.3 is 52.8 Å². The van der Waals surface area contributed by atoms with Crippen molar-refractivity contribution >= 4 is 63.8 Å². The fraction of sp³-hybridized carbons (Fsp3) is 0.819. The van der Waals surface area contributed by atoms with Gasteiger partial charge in [0.2, 0.25) is 0 Å². The molecule has 594 valence electrons. The van der Waals surface area contributed by atoms with E-state index >= 15 is 0 Å². The van der Waals surface area contributed by atoms with Crippen molar-refractivity contribution in [3.8, 4) is 0 Å². The molecule has 4 aliphatic heterocycles. The van der Waals surface area contributed by atoms with E-state index in [0.29, 0.717) is 79.3 Å². The van der Waals surface area contributed by atoms with Crippen LogP contribution >= 0.6 is 0 Å². The Morgan fingerprint density at radius 1 is 0.579 bits per heavy atom. The Bertz CT molecular complexity index is 3680. The number of hydrogen-bond donors (Lipinski definition) is 2. The summed E-state index contributed by atoms with van der Waals surface area (Å²) >= 11 is 0. The lowest BCUT2D eigenvalue weighted by atomic mass is 9.49. The van der Waals surface area contributed by atoms with Gasteiger partial charge in [-0.15, -0.1) is 0 Å². The lowest BCUT2D eigenvalue weighted by Crippen LogP contribution is -2.60. The topological polar surface area (TPSA) is 321 Å². The highest BCUT2D eigenvalue weighted by Gasteiger charge is 2.75. The van der Waals surface area contributed by atoms with Crippen LogP contribution in [0.5, 0.6) is 0 Å². The van der Waals surface area contributed by atoms with E-state index in [1.165, 1.54) is 38.5 Å². The molecule has 22 unspecified atom stereocenters. The maximum absolute atomic E-state index is 12.6. The van der Waals surface area contributed by atoms with Crippen LogP contribution < -0.4 is 0 Å². The molecule has 0 aromatic carbocycles. The molecule has 20 rings (SSSR count). The Labute approximate surface area is 631 Å². The van der Waals surface area contributed by atoms with Crippen molar-refractivity contribution in [2.24, 2.45) is 106 Å². The Balaban J connectivity index is 0.000000114. The van der Waals surface area contributed by atoms with Gasteiger partial charge in [0.15, 0.2) is 11.2 Å². The maximum atomic E-state index is 12.6. The Morgan fingerprint density at radius 2 is 1.13 bits per heavy atom. The molecule has 22 atom stereocenters. The van der Waals surface area contributed by atoms with Crippen LogP contribution in [0.2, 0.25) is 0 Å². The zero-order valence-electron chi connectivity index (χ0n) is 65.0. The molecule has 16 aliphatic carbocycles. The summed E-state index contributed by atoms with van der Waals surface area (Å²) in [4.78, 5) is 106. The molecule has 23 nitrogen and oxygen atoms in total. The summed E-state index contributed by atoms with van der Waals surface area (Å²) in [5.41, 5.74) is -3.86. The molecule has 20 aliphatic rings. The second kappa shape index (κ2) is 28.5. The minimum atomic E-state index is -3.43. The van der Waals surface area contributed by atoms with E-state index in [1.54, 1.807) is 13.8 Å². The summed E-state index contributed by atoms with van der Waals surface area (Å²) in [6.07, 6.45) is 21.8. The SMILES string of the molecule is C=C(C)C(=O)OC1(CC)C2CC3C(=O)OC1C3C2.C=C(C)C(=O)OC1C2CC3C(=O)OC1C3C2.C=CC(=O)OC12CC3OC(=O)C(O)(C1)C3C2.CCC(C)(C)C(=O)OC1(CC)C2CC3CC(C2)CC1C3.CCC(C)(C)C(=O)OC1C2CC3C1OS(=O)(=O)C3C2.CCC(C)C(=O)OC12CC3CC(CC(O)(C3)C1)C2. The third-order valence-corrected chi connectivity index (χ3v) is 31.8. The molecular formula is C83H118O23S. The number of fused-ring (bicyclic) bond motifs is 4. The van der Waals surface area contributed by atoms with Crippen molar-refractivity contribution in [1.82, 2.24) is 0 Å². The lowest BCUT2D eigenvalue weighted by molar-refractivity contribution is -0.222. The third kappa shape index (κ3) is 14.0. The minimum Gasteiger partial charge on any atom is -0.460 e. The second-order valence-corrected chi connectivity index (χ2v) is 39.4. The highest BCUT2D eigenvalue weighted by Crippen LogP contribution is 2.65. The van der Waals surface area contributed by atoms with Crippen LogP contribution in [-0.2, 0) is 100 Å². The Hall–Kier alpha value is -5.72. The van der Waals surface area contributed by atoms with Gasteiger partial charge in [0.1, 0.15) is 53.4 Å². The highest BCUT2D eigenvalue weighted by atomic mass is 32.2. The summed E-state index contributed by atoms with van der Waals surface area (Å²) in [6.45, 7) is 33.7. The standard InChI is InChI=1S/C18H30O2.C15H24O3.C14H18O4.C13H20O5S.C12H14O4.C11H12O5/c1-5-17(3,4)16(19)20-18(6-2)14-8-12-7-13(10-14)11-15(18)9-12;1-3-10(2)13(16)18-15-7-11-4-12(8-15)6-14(17,5-11)9-15;1-4-14(18-12(15)7(2)3)8-5-9-10(6-8)13(16)17-11(9)14;1-4-13(2,3)12(14)17-10-7-5-8-9(6-7)19(15,16)18-11(8)10;1-5(2)11(13)15-9-6-3-7-8(4-6)12(14)16-10(7)9;1-2-8(12)16-10-3-6-7(4-10)15-9(13)11(6,14)5-10/h12-15H,5-11H2,1-4H3;10-12,17H,3-9H2,1-2H3;8-11H,2,4-6H2,1,3H3;7-11H,4-6H2,1-3H3;6-10H,1,3-4H2,2H3;2,6-7,14H,1,3-5H2. The van der Waals surface area contributed by atoms with Gasteiger partial charge >= 0.3 is 53.7 Å². The first-order valence-corrected chi connectivity index (χ1v) is 41.9. The van der Waals surface area contributed by atoms with Crippen molar-refractivity contribution < 1.29 is 109 Å².